The molecule has 8 heteroatoms. The predicted molar refractivity (Wildman–Crippen MR) is 78.3 cm³/mol. The maximum atomic E-state index is 12.2. The first-order valence-corrected chi connectivity index (χ1v) is 7.85. The number of nitrogens with zero attached hydrogens (tertiary/aromatic N) is 5. The molecule has 2 aromatic rings. The summed E-state index contributed by atoms with van der Waals surface area (Å²) in [5.41, 5.74) is 0.678. The standard InChI is InChI=1S/C13H18N6OS/c1-7(2)12-15-10-5-4-9(6-19(10)17-12)14-13(20)11-8(3)16-18-21-11/h7,9H,4-6H2,1-3H3,(H,14,20). The Morgan fingerprint density at radius 3 is 2.95 bits per heavy atom. The van der Waals surface area contributed by atoms with Crippen molar-refractivity contribution in [3.05, 3.63) is 22.2 Å². The number of amides is 1. The van der Waals surface area contributed by atoms with Crippen LogP contribution in [0.2, 0.25) is 0 Å². The van der Waals surface area contributed by atoms with Gasteiger partial charge in [-0.15, -0.1) is 5.10 Å². The minimum absolute atomic E-state index is 0.0770. The minimum atomic E-state index is -0.0971. The van der Waals surface area contributed by atoms with E-state index in [1.54, 1.807) is 6.92 Å². The van der Waals surface area contributed by atoms with Crippen molar-refractivity contribution in [3.63, 3.8) is 0 Å². The molecule has 0 spiro atoms. The summed E-state index contributed by atoms with van der Waals surface area (Å²) in [5, 5.41) is 11.4. The highest BCUT2D eigenvalue weighted by molar-refractivity contribution is 7.08. The molecule has 3 rings (SSSR count). The van der Waals surface area contributed by atoms with Gasteiger partial charge in [0.1, 0.15) is 10.7 Å². The van der Waals surface area contributed by atoms with Gasteiger partial charge in [0, 0.05) is 18.4 Å². The van der Waals surface area contributed by atoms with Crippen LogP contribution in [0, 0.1) is 6.92 Å². The third-order valence-electron chi connectivity index (χ3n) is 3.58. The first kappa shape index (κ1) is 14.1. The van der Waals surface area contributed by atoms with Gasteiger partial charge in [0.15, 0.2) is 5.82 Å². The molecule has 21 heavy (non-hydrogen) atoms. The van der Waals surface area contributed by atoms with Crippen molar-refractivity contribution in [2.75, 3.05) is 0 Å². The van der Waals surface area contributed by atoms with Crippen molar-refractivity contribution in [1.82, 2.24) is 29.7 Å². The molecule has 0 bridgehead atoms. The SMILES string of the molecule is Cc1nnsc1C(=O)NC1CCc2nc(C(C)C)nn2C1. The van der Waals surface area contributed by atoms with Crippen molar-refractivity contribution in [2.24, 2.45) is 0 Å². The molecule has 2 aromatic heterocycles. The van der Waals surface area contributed by atoms with E-state index in [2.05, 4.69) is 38.8 Å². The third kappa shape index (κ3) is 2.80. The molecule has 0 aliphatic carbocycles. The summed E-state index contributed by atoms with van der Waals surface area (Å²) in [6.45, 7) is 6.64. The van der Waals surface area contributed by atoms with Gasteiger partial charge in [-0.2, -0.15) is 5.10 Å². The molecule has 1 atom stereocenters. The van der Waals surface area contributed by atoms with Gasteiger partial charge in [-0.05, 0) is 24.9 Å². The highest BCUT2D eigenvalue weighted by atomic mass is 32.1. The maximum Gasteiger partial charge on any atom is 0.265 e. The van der Waals surface area contributed by atoms with E-state index in [1.165, 1.54) is 0 Å². The van der Waals surface area contributed by atoms with Crippen LogP contribution in [-0.4, -0.2) is 36.3 Å². The second kappa shape index (κ2) is 5.51. The third-order valence-corrected chi connectivity index (χ3v) is 4.41. The van der Waals surface area contributed by atoms with Crippen LogP contribution >= 0.6 is 11.5 Å². The summed E-state index contributed by atoms with van der Waals surface area (Å²) in [6.07, 6.45) is 1.72. The van der Waals surface area contributed by atoms with Crippen LogP contribution in [0.15, 0.2) is 0 Å². The van der Waals surface area contributed by atoms with Gasteiger partial charge in [-0.25, -0.2) is 9.67 Å². The fraction of sp³-hybridized carbons (Fsp3) is 0.615. The molecule has 0 saturated heterocycles. The Morgan fingerprint density at radius 1 is 1.48 bits per heavy atom. The van der Waals surface area contributed by atoms with Crippen molar-refractivity contribution >= 4 is 17.4 Å². The Morgan fingerprint density at radius 2 is 2.29 bits per heavy atom. The average molecular weight is 306 g/mol. The Bertz CT molecular complexity index is 661. The average Bonchev–Trinajstić information content (AvgIpc) is 3.04. The van der Waals surface area contributed by atoms with E-state index in [9.17, 15) is 4.79 Å². The van der Waals surface area contributed by atoms with Gasteiger partial charge in [0.05, 0.1) is 12.2 Å². The lowest BCUT2D eigenvalue weighted by Crippen LogP contribution is -2.41. The minimum Gasteiger partial charge on any atom is -0.347 e. The maximum absolute atomic E-state index is 12.2. The van der Waals surface area contributed by atoms with Crippen LogP contribution in [0.5, 0.6) is 0 Å². The molecule has 3 heterocycles. The van der Waals surface area contributed by atoms with Crippen molar-refractivity contribution in [2.45, 2.75) is 52.1 Å². The van der Waals surface area contributed by atoms with Crippen LogP contribution in [0.25, 0.3) is 0 Å². The number of aromatic nitrogens is 5. The summed E-state index contributed by atoms with van der Waals surface area (Å²) in [7, 11) is 0. The summed E-state index contributed by atoms with van der Waals surface area (Å²) < 4.78 is 5.72. The number of hydrogen-bond donors (Lipinski definition) is 1. The van der Waals surface area contributed by atoms with E-state index >= 15 is 0 Å². The smallest absolute Gasteiger partial charge is 0.265 e. The number of rotatable bonds is 3. The molecule has 0 saturated carbocycles. The molecule has 1 amide bonds. The molecule has 112 valence electrons. The molecular formula is C13H18N6OS. The number of hydrogen-bond acceptors (Lipinski definition) is 6. The number of nitrogens with one attached hydrogen (secondary N) is 1. The quantitative estimate of drug-likeness (QED) is 0.924. The monoisotopic (exact) mass is 306 g/mol. The molecule has 1 N–H and O–H groups in total. The Hall–Kier alpha value is -1.83. The van der Waals surface area contributed by atoms with Crippen molar-refractivity contribution in [1.29, 1.82) is 0 Å². The fourth-order valence-corrected chi connectivity index (χ4v) is 2.94. The molecular weight excluding hydrogens is 288 g/mol. The molecule has 0 fully saturated rings. The van der Waals surface area contributed by atoms with Gasteiger partial charge < -0.3 is 5.32 Å². The highest BCUT2D eigenvalue weighted by Gasteiger charge is 2.25. The molecule has 1 aliphatic rings. The molecule has 7 nitrogen and oxygen atoms in total. The summed E-state index contributed by atoms with van der Waals surface area (Å²) in [6, 6.07) is 0.0770. The van der Waals surface area contributed by atoms with Crippen LogP contribution in [0.3, 0.4) is 0 Å². The molecule has 1 unspecified atom stereocenters. The predicted octanol–water partition coefficient (Wildman–Crippen LogP) is 1.31. The van der Waals surface area contributed by atoms with Gasteiger partial charge in [-0.1, -0.05) is 18.3 Å². The second-order valence-electron chi connectivity index (χ2n) is 5.62. The largest absolute Gasteiger partial charge is 0.347 e. The van der Waals surface area contributed by atoms with Gasteiger partial charge in [0.25, 0.3) is 5.91 Å². The zero-order valence-electron chi connectivity index (χ0n) is 12.3. The summed E-state index contributed by atoms with van der Waals surface area (Å²) in [4.78, 5) is 17.3. The normalized spacial score (nSPS) is 17.8. The second-order valence-corrected chi connectivity index (χ2v) is 6.37. The van der Waals surface area contributed by atoms with E-state index in [-0.39, 0.29) is 11.9 Å². The molecule has 0 aromatic carbocycles. The zero-order chi connectivity index (χ0) is 15.0. The Balaban J connectivity index is 1.69. The fourth-order valence-electron chi connectivity index (χ4n) is 2.38. The van der Waals surface area contributed by atoms with E-state index in [0.717, 1.165) is 36.0 Å². The molecule has 0 radical (unpaired) electrons. The van der Waals surface area contributed by atoms with Crippen molar-refractivity contribution < 1.29 is 4.79 Å². The van der Waals surface area contributed by atoms with E-state index in [1.807, 2.05) is 4.68 Å². The number of aryl methyl sites for hydroxylation is 2. The summed E-state index contributed by atoms with van der Waals surface area (Å²) >= 11 is 1.13. The van der Waals surface area contributed by atoms with Crippen LogP contribution in [0.4, 0.5) is 0 Å². The van der Waals surface area contributed by atoms with Crippen LogP contribution in [-0.2, 0) is 13.0 Å². The van der Waals surface area contributed by atoms with Crippen LogP contribution < -0.4 is 5.32 Å². The Labute approximate surface area is 126 Å². The number of fused-ring (bicyclic) bond motifs is 1. The Kier molecular flexibility index (Phi) is 3.71. The molecule has 1 aliphatic heterocycles. The first-order chi connectivity index (χ1) is 10.0. The van der Waals surface area contributed by atoms with E-state index < -0.39 is 0 Å². The topological polar surface area (TPSA) is 85.6 Å². The summed E-state index contributed by atoms with van der Waals surface area (Å²) in [5.74, 6) is 2.11. The van der Waals surface area contributed by atoms with Gasteiger partial charge in [0.2, 0.25) is 0 Å². The first-order valence-electron chi connectivity index (χ1n) is 7.08. The number of carbonyl (C=O) groups excluding carboxylic acids is 1. The zero-order valence-corrected chi connectivity index (χ0v) is 13.1. The van der Waals surface area contributed by atoms with Crippen LogP contribution in [0.1, 0.15) is 53.2 Å². The van der Waals surface area contributed by atoms with E-state index in [4.69, 9.17) is 0 Å². The van der Waals surface area contributed by atoms with Gasteiger partial charge >= 0.3 is 0 Å². The number of carbonyl (C=O) groups is 1. The lowest BCUT2D eigenvalue weighted by atomic mass is 10.1. The van der Waals surface area contributed by atoms with Gasteiger partial charge in [-0.3, -0.25) is 4.79 Å². The highest BCUT2D eigenvalue weighted by Crippen LogP contribution is 2.18. The lowest BCUT2D eigenvalue weighted by molar-refractivity contribution is 0.0929. The van der Waals surface area contributed by atoms with Crippen molar-refractivity contribution in [3.8, 4) is 0 Å². The van der Waals surface area contributed by atoms with E-state index in [0.29, 0.717) is 23.0 Å². The lowest BCUT2D eigenvalue weighted by Gasteiger charge is -2.23.